The lowest BCUT2D eigenvalue weighted by Gasteiger charge is -2.29. The number of hydrogen-bond donors (Lipinski definition) is 0. The Kier molecular flexibility index (Phi) is 6.69. The summed E-state index contributed by atoms with van der Waals surface area (Å²) in [6.07, 6.45) is 6.67. The van der Waals surface area contributed by atoms with E-state index in [2.05, 4.69) is 124 Å². The van der Waals surface area contributed by atoms with Crippen LogP contribution in [0, 0.1) is 33.6 Å². The molecular formula is C38H38N4O. The van der Waals surface area contributed by atoms with Crippen molar-refractivity contribution in [3.63, 3.8) is 0 Å². The van der Waals surface area contributed by atoms with E-state index in [0.717, 1.165) is 45.3 Å². The third-order valence-corrected chi connectivity index (χ3v) is 9.10. The zero-order valence-electron chi connectivity index (χ0n) is 25.8. The summed E-state index contributed by atoms with van der Waals surface area (Å²) in [6.45, 7) is 13.2. The molecule has 43 heavy (non-hydrogen) atoms. The van der Waals surface area contributed by atoms with Gasteiger partial charge >= 0.3 is 0 Å². The number of nitrogens with zero attached hydrogens (tertiary/aromatic N) is 4. The highest BCUT2D eigenvalue weighted by Crippen LogP contribution is 2.42. The molecule has 2 atom stereocenters. The van der Waals surface area contributed by atoms with Gasteiger partial charge in [0.2, 0.25) is 0 Å². The number of benzene rings is 3. The summed E-state index contributed by atoms with van der Waals surface area (Å²) in [5.41, 5.74) is 10.7. The van der Waals surface area contributed by atoms with Crippen molar-refractivity contribution >= 4 is 21.8 Å². The fraction of sp³-hybridized carbons (Fsp3) is 0.263. The molecule has 0 saturated carbocycles. The number of ether oxygens (including phenoxy) is 1. The Morgan fingerprint density at radius 2 is 1.60 bits per heavy atom. The summed E-state index contributed by atoms with van der Waals surface area (Å²) in [5, 5.41) is 7.43. The molecule has 0 amide bonds. The number of aryl methyl sites for hydroxylation is 3. The van der Waals surface area contributed by atoms with Crippen LogP contribution in [-0.4, -0.2) is 19.3 Å². The van der Waals surface area contributed by atoms with Crippen molar-refractivity contribution < 1.29 is 4.74 Å². The standard InChI is InChI=1S/C38H38N4O/c1-23-16-17-39-36(20-23)41-34-13-8-7-12-32(34)33-15-14-30(22-35(33)41)43-31-19-24(2)18-29(21-31)42-28(6)38(27(5)40-42)37-25(3)10-9-11-26(37)4/h7-8,10,12-22,26,37H,9,11H2,1-6H3/t26-,37?/m0/s1. The lowest BCUT2D eigenvalue weighted by molar-refractivity contribution is 0.447. The number of fused-ring (bicyclic) bond motifs is 3. The molecule has 3 heterocycles. The van der Waals surface area contributed by atoms with E-state index in [1.807, 2.05) is 12.3 Å². The normalized spacial score (nSPS) is 17.0. The highest BCUT2D eigenvalue weighted by atomic mass is 16.5. The fourth-order valence-electron chi connectivity index (χ4n) is 7.13. The van der Waals surface area contributed by atoms with Crippen molar-refractivity contribution in [2.24, 2.45) is 5.92 Å². The van der Waals surface area contributed by atoms with Gasteiger partial charge in [-0.25, -0.2) is 9.67 Å². The summed E-state index contributed by atoms with van der Waals surface area (Å²) in [6, 6.07) is 25.4. The molecule has 5 nitrogen and oxygen atoms in total. The van der Waals surface area contributed by atoms with Crippen molar-refractivity contribution in [3.05, 3.63) is 119 Å². The first-order chi connectivity index (χ1) is 20.8. The van der Waals surface area contributed by atoms with Crippen LogP contribution in [-0.2, 0) is 0 Å². The van der Waals surface area contributed by atoms with Gasteiger partial charge in [0.15, 0.2) is 0 Å². The van der Waals surface area contributed by atoms with Gasteiger partial charge in [-0.2, -0.15) is 5.10 Å². The smallest absolute Gasteiger partial charge is 0.137 e. The molecule has 0 radical (unpaired) electrons. The third-order valence-electron chi connectivity index (χ3n) is 9.10. The Bertz CT molecular complexity index is 2040. The molecule has 1 unspecified atom stereocenters. The molecule has 0 N–H and O–H groups in total. The van der Waals surface area contributed by atoms with Gasteiger partial charge in [-0.1, -0.05) is 36.8 Å². The van der Waals surface area contributed by atoms with Crippen molar-refractivity contribution in [2.75, 3.05) is 0 Å². The molecule has 0 bridgehead atoms. The summed E-state index contributed by atoms with van der Waals surface area (Å²) >= 11 is 0. The van der Waals surface area contributed by atoms with Crippen LogP contribution in [0.4, 0.5) is 0 Å². The Balaban J connectivity index is 1.29. The van der Waals surface area contributed by atoms with Gasteiger partial charge < -0.3 is 4.74 Å². The summed E-state index contributed by atoms with van der Waals surface area (Å²) in [4.78, 5) is 4.72. The molecule has 5 heteroatoms. The van der Waals surface area contributed by atoms with Crippen molar-refractivity contribution in [3.8, 4) is 23.0 Å². The van der Waals surface area contributed by atoms with Gasteiger partial charge in [0.05, 0.1) is 22.4 Å². The maximum atomic E-state index is 6.58. The van der Waals surface area contributed by atoms with Crippen LogP contribution < -0.4 is 4.74 Å². The largest absolute Gasteiger partial charge is 0.457 e. The average molecular weight is 567 g/mol. The van der Waals surface area contributed by atoms with Gasteiger partial charge in [-0.3, -0.25) is 4.57 Å². The Labute approximate surface area is 253 Å². The highest BCUT2D eigenvalue weighted by molar-refractivity contribution is 6.09. The summed E-state index contributed by atoms with van der Waals surface area (Å²) in [5.74, 6) is 3.51. The second-order valence-electron chi connectivity index (χ2n) is 12.3. The van der Waals surface area contributed by atoms with Crippen LogP contribution in [0.25, 0.3) is 33.3 Å². The topological polar surface area (TPSA) is 44.9 Å². The fourth-order valence-corrected chi connectivity index (χ4v) is 7.13. The van der Waals surface area contributed by atoms with Crippen LogP contribution >= 0.6 is 0 Å². The second-order valence-corrected chi connectivity index (χ2v) is 12.3. The van der Waals surface area contributed by atoms with Crippen LogP contribution in [0.5, 0.6) is 11.5 Å². The van der Waals surface area contributed by atoms with E-state index in [0.29, 0.717) is 11.8 Å². The van der Waals surface area contributed by atoms with Crippen LogP contribution in [0.1, 0.15) is 60.7 Å². The first kappa shape index (κ1) is 27.2. The predicted octanol–water partition coefficient (Wildman–Crippen LogP) is 9.85. The molecule has 1 aliphatic rings. The summed E-state index contributed by atoms with van der Waals surface area (Å²) in [7, 11) is 0. The molecule has 0 saturated heterocycles. The van der Waals surface area contributed by atoms with Gasteiger partial charge in [-0.05, 0) is 107 Å². The van der Waals surface area contributed by atoms with E-state index < -0.39 is 0 Å². The van der Waals surface area contributed by atoms with E-state index in [-0.39, 0.29) is 0 Å². The van der Waals surface area contributed by atoms with Crippen LogP contribution in [0.2, 0.25) is 0 Å². The molecule has 0 fully saturated rings. The van der Waals surface area contributed by atoms with Gasteiger partial charge in [0.1, 0.15) is 17.3 Å². The molecule has 3 aromatic carbocycles. The highest BCUT2D eigenvalue weighted by Gasteiger charge is 2.29. The van der Waals surface area contributed by atoms with E-state index in [1.54, 1.807) is 0 Å². The molecule has 216 valence electrons. The number of allylic oxidation sites excluding steroid dienone is 2. The first-order valence-corrected chi connectivity index (χ1v) is 15.3. The number of pyridine rings is 1. The second kappa shape index (κ2) is 10.6. The minimum absolute atomic E-state index is 0.421. The average Bonchev–Trinajstić information content (AvgIpc) is 3.46. The zero-order valence-corrected chi connectivity index (χ0v) is 25.8. The van der Waals surface area contributed by atoms with Crippen molar-refractivity contribution in [1.29, 1.82) is 0 Å². The zero-order chi connectivity index (χ0) is 29.8. The van der Waals surface area contributed by atoms with Crippen LogP contribution in [0.15, 0.2) is 90.6 Å². The molecule has 0 spiro atoms. The first-order valence-electron chi connectivity index (χ1n) is 15.3. The Morgan fingerprint density at radius 3 is 2.42 bits per heavy atom. The van der Waals surface area contributed by atoms with Gasteiger partial charge in [-0.15, -0.1) is 0 Å². The summed E-state index contributed by atoms with van der Waals surface area (Å²) < 4.78 is 10.9. The molecule has 3 aromatic heterocycles. The lowest BCUT2D eigenvalue weighted by Crippen LogP contribution is -2.16. The molecule has 0 aliphatic heterocycles. The predicted molar refractivity (Wildman–Crippen MR) is 176 cm³/mol. The SMILES string of the molecule is CC1=CCC[C@H](C)C1c1c(C)nn(-c2cc(C)cc(Oc3ccc4c5ccccc5n(-c5cc(C)ccn5)c4c3)c2)c1C. The van der Waals surface area contributed by atoms with E-state index in [9.17, 15) is 0 Å². The number of aromatic nitrogens is 4. The molecular weight excluding hydrogens is 528 g/mol. The molecule has 7 rings (SSSR count). The van der Waals surface area contributed by atoms with E-state index >= 15 is 0 Å². The van der Waals surface area contributed by atoms with E-state index in [4.69, 9.17) is 14.8 Å². The number of rotatable bonds is 5. The van der Waals surface area contributed by atoms with Crippen LogP contribution in [0.3, 0.4) is 0 Å². The van der Waals surface area contributed by atoms with E-state index in [1.165, 1.54) is 46.0 Å². The van der Waals surface area contributed by atoms with Gasteiger partial charge in [0, 0.05) is 46.3 Å². The van der Waals surface area contributed by atoms with Crippen molar-refractivity contribution in [1.82, 2.24) is 19.3 Å². The number of para-hydroxylation sites is 1. The number of hydrogen-bond acceptors (Lipinski definition) is 3. The molecule has 6 aromatic rings. The van der Waals surface area contributed by atoms with Crippen molar-refractivity contribution in [2.45, 2.75) is 60.3 Å². The Hall–Kier alpha value is -4.64. The quantitative estimate of drug-likeness (QED) is 0.195. The monoisotopic (exact) mass is 566 g/mol. The third kappa shape index (κ3) is 4.73. The Morgan fingerprint density at radius 1 is 0.791 bits per heavy atom. The minimum Gasteiger partial charge on any atom is -0.457 e. The van der Waals surface area contributed by atoms with Gasteiger partial charge in [0.25, 0.3) is 0 Å². The maximum Gasteiger partial charge on any atom is 0.137 e. The maximum absolute atomic E-state index is 6.58. The molecule has 1 aliphatic carbocycles. The lowest BCUT2D eigenvalue weighted by atomic mass is 9.75. The minimum atomic E-state index is 0.421.